The maximum atomic E-state index is 7.97. The fourth-order valence-corrected chi connectivity index (χ4v) is 1.56. The standard InChI is InChI=1S/C10H13ClN2.C6H6ClN.C4H9Cl2N/c11-9-2-1-3-10(8-9)13-6-4-12-5-7-13;7-5-2-1-3-6(8)4-5;5-1-3-7-4-2-6/h1-3,8,12H,4-7H2;1-4H,8H2;7H,1-4H2/i1D,2D,3D,4D2,5D2,6D2,7D2,8D;1D,2D,3D,4D;1D2,2D2,3D2,4D2. The topological polar surface area (TPSA) is 53.3 Å². The number of nitrogens with zero attached hydrogens (tertiary/aromatic N) is 1. The van der Waals surface area contributed by atoms with Gasteiger partial charge in [-0.1, -0.05) is 35.3 Å². The molecule has 4 nitrogen and oxygen atoms in total. The average Bonchev–Trinajstić information content (AvgIpc) is 2.95. The summed E-state index contributed by atoms with van der Waals surface area (Å²) in [6.45, 7) is -18.7. The molecule has 3 rings (SSSR count). The van der Waals surface area contributed by atoms with Crippen molar-refractivity contribution in [1.29, 1.82) is 0 Å². The molecule has 0 saturated carbocycles. The zero-order valence-corrected chi connectivity index (χ0v) is 16.6. The Morgan fingerprint density at radius 3 is 2.21 bits per heavy atom. The van der Waals surface area contributed by atoms with Crippen LogP contribution in [0.1, 0.15) is 32.9 Å². The molecule has 0 radical (unpaired) electrons. The van der Waals surface area contributed by atoms with Crippen LogP contribution < -0.4 is 21.3 Å². The first kappa shape index (κ1) is 7.08. The van der Waals surface area contributed by atoms with Gasteiger partial charge in [-0.2, -0.15) is 0 Å². The summed E-state index contributed by atoms with van der Waals surface area (Å²) in [5, 5.41) is 2.27. The highest BCUT2D eigenvalue weighted by atomic mass is 35.5. The van der Waals surface area contributed by atoms with Crippen molar-refractivity contribution < 1.29 is 32.9 Å². The van der Waals surface area contributed by atoms with Crippen LogP contribution in [0.2, 0.25) is 10.0 Å². The van der Waals surface area contributed by atoms with Crippen LogP contribution in [0.15, 0.2) is 48.3 Å². The van der Waals surface area contributed by atoms with Crippen molar-refractivity contribution in [2.75, 3.05) is 61.3 Å². The van der Waals surface area contributed by atoms with Crippen molar-refractivity contribution in [1.82, 2.24) is 10.6 Å². The molecule has 0 aliphatic carbocycles. The number of halogens is 4. The van der Waals surface area contributed by atoms with Crippen molar-refractivity contribution in [3.05, 3.63) is 58.4 Å². The first-order chi connectivity index (χ1) is 22.7. The van der Waals surface area contributed by atoms with Gasteiger partial charge in [-0.15, -0.1) is 23.2 Å². The number of nitrogen functional groups attached to an aromatic ring is 1. The summed E-state index contributed by atoms with van der Waals surface area (Å²) < 4.78 is 179. The maximum Gasteiger partial charge on any atom is 0.0660 e. The molecular weight excluding hydrogens is 438 g/mol. The number of anilines is 2. The van der Waals surface area contributed by atoms with Gasteiger partial charge in [-0.05, 0) is 36.3 Å². The second-order valence-electron chi connectivity index (χ2n) is 3.89. The number of hydrogen-bond donors (Lipinski definition) is 3. The molecule has 0 atom stereocenters. The molecule has 4 N–H and O–H groups in total. The van der Waals surface area contributed by atoms with Crippen molar-refractivity contribution >= 4 is 57.8 Å². The average molecular weight is 490 g/mol. The molecule has 1 aliphatic heterocycles. The predicted molar refractivity (Wildman–Crippen MR) is 127 cm³/mol. The molecule has 0 aromatic heterocycles. The van der Waals surface area contributed by atoms with E-state index in [2.05, 4.69) is 0 Å². The van der Waals surface area contributed by atoms with Gasteiger partial charge in [0.1, 0.15) is 0 Å². The van der Waals surface area contributed by atoms with Gasteiger partial charge < -0.3 is 21.3 Å². The molecule has 2 aromatic rings. The minimum absolute atomic E-state index is 0.0233. The van der Waals surface area contributed by atoms with Crippen molar-refractivity contribution in [3.8, 4) is 0 Å². The summed E-state index contributed by atoms with van der Waals surface area (Å²) in [7, 11) is 0. The van der Waals surface area contributed by atoms with E-state index in [0.717, 1.165) is 0 Å². The third kappa shape index (κ3) is 11.8. The minimum Gasteiger partial charge on any atom is -0.399 e. The highest BCUT2D eigenvalue weighted by Gasteiger charge is 2.09. The zero-order chi connectivity index (χ0) is 41.9. The molecule has 0 spiro atoms. The van der Waals surface area contributed by atoms with E-state index >= 15 is 0 Å². The second kappa shape index (κ2) is 16.0. The van der Waals surface area contributed by atoms with Gasteiger partial charge in [-0.25, -0.2) is 0 Å². The Hall–Kier alpha value is -0.880. The van der Waals surface area contributed by atoms with E-state index in [-0.39, 0.29) is 39.8 Å². The maximum absolute atomic E-state index is 7.97. The smallest absolute Gasteiger partial charge is 0.0660 e. The third-order valence-corrected chi connectivity index (χ3v) is 2.67. The lowest BCUT2D eigenvalue weighted by Crippen LogP contribution is -2.43. The van der Waals surface area contributed by atoms with E-state index in [0.29, 0.717) is 0 Å². The van der Waals surface area contributed by atoms with Gasteiger partial charge in [0.25, 0.3) is 0 Å². The minimum atomic E-state index is -3.26. The van der Waals surface area contributed by atoms with E-state index in [4.69, 9.17) is 85.0 Å². The number of nitrogens with two attached hydrogens (primary N) is 1. The van der Waals surface area contributed by atoms with Gasteiger partial charge in [0.15, 0.2) is 0 Å². The molecular formula is C20H28Cl4N4. The summed E-state index contributed by atoms with van der Waals surface area (Å²) in [6, 6.07) is -4.52. The Balaban J connectivity index is 0.000000427. The monoisotopic (exact) mass is 488 g/mol. The van der Waals surface area contributed by atoms with Crippen LogP contribution in [0.3, 0.4) is 0 Å². The highest BCUT2D eigenvalue weighted by molar-refractivity contribution is 6.31. The SMILES string of the molecule is [2H]C([2H])(Cl)C([2H])([2H])NC([2H])([2H])C([2H])([2H])Cl.[2H]c1c([2H])c(Cl)c([2H])c(N2C([2H])([2H])C([2H])([2H])NC([2H])([2H])C2([2H])[2H])c1[2H].[2H]c1c([2H])c(N)c([2H])c(Cl)c1[2H]. The van der Waals surface area contributed by atoms with Crippen LogP contribution in [0.25, 0.3) is 0 Å². The number of piperazine rings is 1. The second-order valence-corrected chi connectivity index (χ2v) is 5.02. The summed E-state index contributed by atoms with van der Waals surface area (Å²) >= 11 is 21.3. The largest absolute Gasteiger partial charge is 0.399 e. The van der Waals surface area contributed by atoms with Crippen LogP contribution in [0.4, 0.5) is 11.4 Å². The van der Waals surface area contributed by atoms with Crippen molar-refractivity contribution in [3.63, 3.8) is 0 Å². The van der Waals surface area contributed by atoms with E-state index in [1.54, 1.807) is 5.32 Å². The number of nitrogens with one attached hydrogen (secondary N) is 2. The van der Waals surface area contributed by atoms with Gasteiger partial charge >= 0.3 is 0 Å². The normalized spacial score (nSPS) is 34.8. The fraction of sp³-hybridized carbons (Fsp3) is 0.400. The molecule has 0 unspecified atom stereocenters. The van der Waals surface area contributed by atoms with E-state index < -0.39 is 85.5 Å². The number of benzene rings is 2. The predicted octanol–water partition coefficient (Wildman–Crippen LogP) is 4.73. The lowest BCUT2D eigenvalue weighted by Gasteiger charge is -2.29. The van der Waals surface area contributed by atoms with Crippen molar-refractivity contribution in [2.24, 2.45) is 0 Å². The Bertz CT molecular complexity index is 1480. The van der Waals surface area contributed by atoms with E-state index in [9.17, 15) is 0 Å². The van der Waals surface area contributed by atoms with Gasteiger partial charge in [0.05, 0.1) is 16.4 Å². The Morgan fingerprint density at radius 2 is 1.61 bits per heavy atom. The third-order valence-electron chi connectivity index (χ3n) is 2.10. The van der Waals surface area contributed by atoms with Crippen LogP contribution in [-0.4, -0.2) is 50.6 Å². The quantitative estimate of drug-likeness (QED) is 0.419. The first-order valence-electron chi connectivity index (χ1n) is 18.7. The lowest BCUT2D eigenvalue weighted by molar-refractivity contribution is 0.589. The molecule has 2 aromatic carbocycles. The molecule has 0 amide bonds. The van der Waals surface area contributed by atoms with Crippen LogP contribution in [0.5, 0.6) is 0 Å². The number of alkyl halides is 2. The van der Waals surface area contributed by atoms with Crippen LogP contribution in [-0.2, 0) is 0 Å². The summed E-state index contributed by atoms with van der Waals surface area (Å²) in [5.41, 5.74) is 4.23. The summed E-state index contributed by atoms with van der Waals surface area (Å²) in [5.74, 6) is -5.80. The van der Waals surface area contributed by atoms with Crippen molar-refractivity contribution in [2.45, 2.75) is 0 Å². The first-order valence-corrected chi connectivity index (χ1v) is 8.23. The lowest BCUT2D eigenvalue weighted by atomic mass is 10.2. The number of hydrogen-bond acceptors (Lipinski definition) is 4. The molecule has 156 valence electrons. The molecule has 1 aliphatic rings. The van der Waals surface area contributed by atoms with Gasteiger partial charge in [-0.3, -0.25) is 0 Å². The van der Waals surface area contributed by atoms with Gasteiger partial charge in [0.2, 0.25) is 0 Å². The summed E-state index contributed by atoms with van der Waals surface area (Å²) in [4.78, 5) is -0.0233. The highest BCUT2D eigenvalue weighted by Crippen LogP contribution is 2.19. The number of rotatable bonds is 5. The molecule has 1 heterocycles. The Labute approximate surface area is 222 Å². The van der Waals surface area contributed by atoms with E-state index in [1.165, 1.54) is 5.32 Å². The fourth-order valence-electron chi connectivity index (χ4n) is 1.17. The zero-order valence-electron chi connectivity index (χ0n) is 37.5. The van der Waals surface area contributed by atoms with Gasteiger partial charge in [0, 0.05) is 88.5 Å². The van der Waals surface area contributed by atoms with Crippen LogP contribution >= 0.6 is 46.4 Å². The molecule has 0 bridgehead atoms. The van der Waals surface area contributed by atoms with Crippen LogP contribution in [0, 0.1) is 0 Å². The molecule has 28 heavy (non-hydrogen) atoms. The Morgan fingerprint density at radius 1 is 1.04 bits per heavy atom. The molecule has 1 saturated heterocycles. The Kier molecular flexibility index (Phi) is 4.04. The summed E-state index contributed by atoms with van der Waals surface area (Å²) in [6.07, 6.45) is 0. The molecule has 8 heteroatoms. The molecule has 1 fully saturated rings. The van der Waals surface area contributed by atoms with E-state index in [1.807, 2.05) is 0 Å².